The number of nitrogens with zero attached hydrogens (tertiary/aromatic N) is 1. The molecule has 2 rings (SSSR count). The number of allylic oxidation sites excluding steroid dienone is 1. The van der Waals surface area contributed by atoms with Gasteiger partial charge in [0.25, 0.3) is 0 Å². The van der Waals surface area contributed by atoms with Crippen molar-refractivity contribution in [2.24, 2.45) is 0 Å². The summed E-state index contributed by atoms with van der Waals surface area (Å²) in [5.41, 5.74) is 2.38. The minimum atomic E-state index is -1.19. The molecular formula is C13H14NO3-. The van der Waals surface area contributed by atoms with E-state index in [1.807, 2.05) is 0 Å². The second-order valence-corrected chi connectivity index (χ2v) is 4.00. The maximum atomic E-state index is 10.5. The van der Waals surface area contributed by atoms with E-state index in [1.165, 1.54) is 17.8 Å². The zero-order valence-corrected chi connectivity index (χ0v) is 9.52. The van der Waals surface area contributed by atoms with Gasteiger partial charge in [0.05, 0.1) is 19.2 Å². The first-order chi connectivity index (χ1) is 8.25. The second kappa shape index (κ2) is 5.59. The van der Waals surface area contributed by atoms with Crippen molar-refractivity contribution in [3.63, 3.8) is 0 Å². The second-order valence-electron chi connectivity index (χ2n) is 4.00. The quantitative estimate of drug-likeness (QED) is 0.720. The molecule has 0 saturated carbocycles. The number of hydrogen-bond donors (Lipinski definition) is 0. The predicted octanol–water partition coefficient (Wildman–Crippen LogP) is 0.724. The molecule has 1 aliphatic heterocycles. The van der Waals surface area contributed by atoms with Crippen LogP contribution in [0.4, 0.5) is 0 Å². The highest BCUT2D eigenvalue weighted by Crippen LogP contribution is 2.14. The lowest BCUT2D eigenvalue weighted by molar-refractivity contribution is -0.255. The highest BCUT2D eigenvalue weighted by molar-refractivity contribution is 5.85. The summed E-state index contributed by atoms with van der Waals surface area (Å²) in [6.45, 7) is 1.59. The highest BCUT2D eigenvalue weighted by Gasteiger charge is 2.04. The number of aromatic carboxylic acids is 1. The van der Waals surface area contributed by atoms with Crippen molar-refractivity contribution < 1.29 is 14.6 Å². The fraction of sp³-hybridized carbons (Fsp3) is 0.385. The molecule has 1 aliphatic rings. The van der Waals surface area contributed by atoms with Crippen molar-refractivity contribution in [2.45, 2.75) is 19.3 Å². The van der Waals surface area contributed by atoms with E-state index in [4.69, 9.17) is 4.74 Å². The average molecular weight is 232 g/mol. The zero-order chi connectivity index (χ0) is 12.1. The van der Waals surface area contributed by atoms with Gasteiger partial charge in [-0.15, -0.1) is 0 Å². The SMILES string of the molecule is O=C([O-])c1ccc(CC=C2CCOCC2)nc1. The number of carbonyl (C=O) groups excluding carboxylic acids is 1. The Labute approximate surface area is 99.9 Å². The van der Waals surface area contributed by atoms with Crippen LogP contribution in [-0.4, -0.2) is 24.2 Å². The maximum absolute atomic E-state index is 10.5. The molecule has 1 aromatic heterocycles. The fourth-order valence-electron chi connectivity index (χ4n) is 1.75. The number of hydrogen-bond acceptors (Lipinski definition) is 4. The van der Waals surface area contributed by atoms with Crippen molar-refractivity contribution in [3.8, 4) is 0 Å². The normalized spacial score (nSPS) is 15.6. The number of ether oxygens (including phenoxy) is 1. The van der Waals surface area contributed by atoms with Gasteiger partial charge < -0.3 is 14.6 Å². The lowest BCUT2D eigenvalue weighted by Crippen LogP contribution is -2.22. The summed E-state index contributed by atoms with van der Waals surface area (Å²) in [7, 11) is 0. The van der Waals surface area contributed by atoms with Gasteiger partial charge in [0.2, 0.25) is 0 Å². The molecule has 4 heteroatoms. The van der Waals surface area contributed by atoms with Crippen LogP contribution in [0.15, 0.2) is 30.0 Å². The van der Waals surface area contributed by atoms with E-state index in [0.29, 0.717) is 0 Å². The van der Waals surface area contributed by atoms with E-state index in [0.717, 1.165) is 38.2 Å². The molecule has 1 aromatic rings. The molecule has 0 aromatic carbocycles. The van der Waals surface area contributed by atoms with Crippen molar-refractivity contribution in [1.82, 2.24) is 4.98 Å². The lowest BCUT2D eigenvalue weighted by atomic mass is 10.1. The minimum absolute atomic E-state index is 0.118. The minimum Gasteiger partial charge on any atom is -0.545 e. The predicted molar refractivity (Wildman–Crippen MR) is 60.4 cm³/mol. The Morgan fingerprint density at radius 3 is 2.76 bits per heavy atom. The third kappa shape index (κ3) is 3.39. The Morgan fingerprint density at radius 2 is 2.18 bits per heavy atom. The molecule has 0 radical (unpaired) electrons. The van der Waals surface area contributed by atoms with Gasteiger partial charge in [-0.2, -0.15) is 0 Å². The molecule has 1 saturated heterocycles. The van der Waals surface area contributed by atoms with Gasteiger partial charge in [0.15, 0.2) is 0 Å². The van der Waals surface area contributed by atoms with Gasteiger partial charge in [-0.25, -0.2) is 0 Å². The number of carboxylic acids is 1. The molecule has 90 valence electrons. The maximum Gasteiger partial charge on any atom is 0.0730 e. The number of aromatic nitrogens is 1. The third-order valence-corrected chi connectivity index (χ3v) is 2.80. The van der Waals surface area contributed by atoms with E-state index in [9.17, 15) is 9.90 Å². The molecule has 0 atom stereocenters. The van der Waals surface area contributed by atoms with Crippen LogP contribution in [0, 0.1) is 0 Å². The molecule has 1 fully saturated rings. The molecule has 0 N–H and O–H groups in total. The van der Waals surface area contributed by atoms with E-state index in [1.54, 1.807) is 6.07 Å². The highest BCUT2D eigenvalue weighted by atomic mass is 16.5. The standard InChI is InChI=1S/C13H15NO3/c15-13(16)11-2-4-12(14-9-11)3-1-10-5-7-17-8-6-10/h1-2,4,9H,3,5-8H2,(H,15,16)/p-1. The van der Waals surface area contributed by atoms with Gasteiger partial charge in [0.1, 0.15) is 0 Å². The van der Waals surface area contributed by atoms with Crippen molar-refractivity contribution in [2.75, 3.05) is 13.2 Å². The molecule has 0 spiro atoms. The van der Waals surface area contributed by atoms with Gasteiger partial charge in [-0.3, -0.25) is 4.98 Å². The first-order valence-electron chi connectivity index (χ1n) is 5.67. The van der Waals surface area contributed by atoms with Crippen LogP contribution in [0.2, 0.25) is 0 Å². The van der Waals surface area contributed by atoms with Crippen LogP contribution >= 0.6 is 0 Å². The van der Waals surface area contributed by atoms with Crippen LogP contribution in [0.3, 0.4) is 0 Å². The Kier molecular flexibility index (Phi) is 3.88. The molecule has 0 bridgehead atoms. The van der Waals surface area contributed by atoms with Crippen LogP contribution < -0.4 is 5.11 Å². The summed E-state index contributed by atoms with van der Waals surface area (Å²) < 4.78 is 5.27. The molecular weight excluding hydrogens is 218 g/mol. The lowest BCUT2D eigenvalue weighted by Gasteiger charge is -2.14. The molecule has 0 unspecified atom stereocenters. The summed E-state index contributed by atoms with van der Waals surface area (Å²) in [6.07, 6.45) is 6.20. The smallest absolute Gasteiger partial charge is 0.0730 e. The summed E-state index contributed by atoms with van der Waals surface area (Å²) >= 11 is 0. The average Bonchev–Trinajstić information content (AvgIpc) is 2.38. The number of carbonyl (C=O) groups is 1. The number of rotatable bonds is 3. The van der Waals surface area contributed by atoms with E-state index < -0.39 is 5.97 Å². The molecule has 2 heterocycles. The van der Waals surface area contributed by atoms with Crippen molar-refractivity contribution >= 4 is 5.97 Å². The van der Waals surface area contributed by atoms with Crippen LogP contribution in [-0.2, 0) is 11.2 Å². The summed E-state index contributed by atoms with van der Waals surface area (Å²) in [4.78, 5) is 14.6. The Hall–Kier alpha value is -1.68. The summed E-state index contributed by atoms with van der Waals surface area (Å²) in [5.74, 6) is -1.19. The van der Waals surface area contributed by atoms with Crippen LogP contribution in [0.5, 0.6) is 0 Å². The number of carboxylic acid groups (broad SMARTS) is 1. The van der Waals surface area contributed by atoms with Crippen molar-refractivity contribution in [1.29, 1.82) is 0 Å². The first kappa shape index (κ1) is 11.8. The Morgan fingerprint density at radius 1 is 1.41 bits per heavy atom. The topological polar surface area (TPSA) is 62.2 Å². The van der Waals surface area contributed by atoms with Gasteiger partial charge in [-0.05, 0) is 25.0 Å². The molecule has 17 heavy (non-hydrogen) atoms. The first-order valence-corrected chi connectivity index (χ1v) is 5.67. The summed E-state index contributed by atoms with van der Waals surface area (Å²) in [5, 5.41) is 10.5. The van der Waals surface area contributed by atoms with Crippen molar-refractivity contribution in [3.05, 3.63) is 41.2 Å². The van der Waals surface area contributed by atoms with Gasteiger partial charge in [-0.1, -0.05) is 11.6 Å². The summed E-state index contributed by atoms with van der Waals surface area (Å²) in [6, 6.07) is 3.25. The van der Waals surface area contributed by atoms with Gasteiger partial charge >= 0.3 is 0 Å². The fourth-order valence-corrected chi connectivity index (χ4v) is 1.75. The van der Waals surface area contributed by atoms with E-state index >= 15 is 0 Å². The number of pyridine rings is 1. The molecule has 0 amide bonds. The van der Waals surface area contributed by atoms with Gasteiger partial charge in [0, 0.05) is 23.9 Å². The molecule has 0 aliphatic carbocycles. The van der Waals surface area contributed by atoms with E-state index in [-0.39, 0.29) is 5.56 Å². The third-order valence-electron chi connectivity index (χ3n) is 2.80. The van der Waals surface area contributed by atoms with E-state index in [2.05, 4.69) is 11.1 Å². The monoisotopic (exact) mass is 232 g/mol. The van der Waals surface area contributed by atoms with Crippen LogP contribution in [0.25, 0.3) is 0 Å². The zero-order valence-electron chi connectivity index (χ0n) is 9.52. The Bertz CT molecular complexity index is 415. The Balaban J connectivity index is 1.96. The molecule has 4 nitrogen and oxygen atoms in total. The largest absolute Gasteiger partial charge is 0.545 e. The van der Waals surface area contributed by atoms with Crippen LogP contribution in [0.1, 0.15) is 28.9 Å².